The summed E-state index contributed by atoms with van der Waals surface area (Å²) in [6.45, 7) is 2.21. The molecule has 0 fully saturated rings. The van der Waals surface area contributed by atoms with Gasteiger partial charge in [0.1, 0.15) is 5.69 Å². The molecule has 0 aliphatic carbocycles. The van der Waals surface area contributed by atoms with Gasteiger partial charge in [-0.15, -0.1) is 10.2 Å². The van der Waals surface area contributed by atoms with Crippen LogP contribution in [-0.2, 0) is 6.42 Å². The van der Waals surface area contributed by atoms with E-state index in [9.17, 15) is 0 Å². The minimum Gasteiger partial charge on any atom is -0.493 e. The average molecular weight is 414 g/mol. The van der Waals surface area contributed by atoms with E-state index in [2.05, 4.69) is 46.7 Å². The summed E-state index contributed by atoms with van der Waals surface area (Å²) in [5.41, 5.74) is 4.11. The quantitative estimate of drug-likeness (QED) is 0.362. The van der Waals surface area contributed by atoms with E-state index in [4.69, 9.17) is 9.47 Å². The number of ether oxygens (including phenoxy) is 2. The minimum absolute atomic E-state index is 0.653. The number of benzene rings is 3. The maximum Gasteiger partial charge on any atom is 0.161 e. The monoisotopic (exact) mass is 413 g/mol. The fraction of sp³-hybridized carbons (Fsp3) is 0.231. The van der Waals surface area contributed by atoms with Crippen molar-refractivity contribution in [2.45, 2.75) is 26.2 Å². The summed E-state index contributed by atoms with van der Waals surface area (Å²) in [5.74, 6) is 1.99. The van der Waals surface area contributed by atoms with E-state index in [1.165, 1.54) is 18.4 Å². The Morgan fingerprint density at radius 1 is 0.806 bits per heavy atom. The molecule has 4 aromatic rings. The van der Waals surface area contributed by atoms with Gasteiger partial charge in [0.15, 0.2) is 17.3 Å². The molecule has 1 N–H and O–H groups in total. The summed E-state index contributed by atoms with van der Waals surface area (Å²) in [6, 6.07) is 22.5. The highest BCUT2D eigenvalue weighted by atomic mass is 16.5. The number of hydrogen-bond acceptors (Lipinski definition) is 5. The minimum atomic E-state index is 0.653. The van der Waals surface area contributed by atoms with Crippen molar-refractivity contribution in [3.63, 3.8) is 0 Å². The van der Waals surface area contributed by atoms with Crippen molar-refractivity contribution in [2.24, 2.45) is 0 Å². The van der Waals surface area contributed by atoms with Gasteiger partial charge in [0.25, 0.3) is 0 Å². The van der Waals surface area contributed by atoms with Crippen LogP contribution in [-0.4, -0.2) is 24.4 Å². The molecule has 5 nitrogen and oxygen atoms in total. The summed E-state index contributed by atoms with van der Waals surface area (Å²) in [5, 5.41) is 14.4. The highest BCUT2D eigenvalue weighted by molar-refractivity contribution is 6.02. The van der Waals surface area contributed by atoms with Crippen LogP contribution < -0.4 is 14.8 Å². The van der Waals surface area contributed by atoms with Gasteiger partial charge in [-0.1, -0.05) is 55.8 Å². The Morgan fingerprint density at radius 3 is 2.13 bits per heavy atom. The smallest absolute Gasteiger partial charge is 0.161 e. The first-order valence-electron chi connectivity index (χ1n) is 10.6. The molecule has 0 atom stereocenters. The van der Waals surface area contributed by atoms with Gasteiger partial charge in [0.05, 0.1) is 14.2 Å². The Hall–Kier alpha value is -3.60. The lowest BCUT2D eigenvalue weighted by Gasteiger charge is -2.15. The van der Waals surface area contributed by atoms with Gasteiger partial charge in [-0.25, -0.2) is 0 Å². The highest BCUT2D eigenvalue weighted by Crippen LogP contribution is 2.39. The molecule has 5 heteroatoms. The predicted molar refractivity (Wildman–Crippen MR) is 126 cm³/mol. The lowest BCUT2D eigenvalue weighted by Crippen LogP contribution is -2.01. The van der Waals surface area contributed by atoms with Gasteiger partial charge >= 0.3 is 0 Å². The Morgan fingerprint density at radius 2 is 1.48 bits per heavy atom. The number of hydrogen-bond donors (Lipinski definition) is 1. The van der Waals surface area contributed by atoms with Gasteiger partial charge in [0, 0.05) is 22.0 Å². The lowest BCUT2D eigenvalue weighted by molar-refractivity contribution is 0.356. The molecule has 31 heavy (non-hydrogen) atoms. The number of rotatable bonds is 8. The van der Waals surface area contributed by atoms with Gasteiger partial charge in [-0.2, -0.15) is 0 Å². The van der Waals surface area contributed by atoms with Crippen LogP contribution in [0.15, 0.2) is 66.7 Å². The van der Waals surface area contributed by atoms with Crippen LogP contribution in [0.5, 0.6) is 11.5 Å². The van der Waals surface area contributed by atoms with E-state index >= 15 is 0 Å². The van der Waals surface area contributed by atoms with Crippen molar-refractivity contribution in [3.8, 4) is 22.8 Å². The average Bonchev–Trinajstić information content (AvgIpc) is 2.83. The summed E-state index contributed by atoms with van der Waals surface area (Å²) in [7, 11) is 3.28. The van der Waals surface area contributed by atoms with E-state index in [1.54, 1.807) is 14.2 Å². The topological polar surface area (TPSA) is 56.3 Å². The fourth-order valence-corrected chi connectivity index (χ4v) is 3.65. The Labute approximate surface area is 183 Å². The molecule has 0 saturated heterocycles. The Kier molecular flexibility index (Phi) is 6.32. The zero-order chi connectivity index (χ0) is 21.6. The van der Waals surface area contributed by atoms with E-state index in [-0.39, 0.29) is 0 Å². The molecule has 1 aromatic heterocycles. The van der Waals surface area contributed by atoms with Gasteiger partial charge in [0.2, 0.25) is 0 Å². The zero-order valence-electron chi connectivity index (χ0n) is 18.2. The van der Waals surface area contributed by atoms with Crippen LogP contribution in [0.3, 0.4) is 0 Å². The Balaban J connectivity index is 1.78. The van der Waals surface area contributed by atoms with Crippen LogP contribution in [0, 0.1) is 0 Å². The van der Waals surface area contributed by atoms with Crippen LogP contribution in [0.2, 0.25) is 0 Å². The van der Waals surface area contributed by atoms with Crippen molar-refractivity contribution >= 4 is 22.3 Å². The lowest BCUT2D eigenvalue weighted by atomic mass is 10.0. The van der Waals surface area contributed by atoms with E-state index in [0.29, 0.717) is 17.3 Å². The summed E-state index contributed by atoms with van der Waals surface area (Å²) >= 11 is 0. The van der Waals surface area contributed by atoms with Gasteiger partial charge < -0.3 is 14.8 Å². The zero-order valence-corrected chi connectivity index (χ0v) is 18.2. The van der Waals surface area contributed by atoms with Crippen molar-refractivity contribution in [3.05, 3.63) is 72.3 Å². The van der Waals surface area contributed by atoms with Crippen LogP contribution in [0.25, 0.3) is 22.0 Å². The molecular weight excluding hydrogens is 386 g/mol. The third-order valence-electron chi connectivity index (χ3n) is 5.37. The molecule has 0 spiro atoms. The second-order valence-corrected chi connectivity index (χ2v) is 7.44. The first kappa shape index (κ1) is 20.7. The Bertz CT molecular complexity index is 1160. The van der Waals surface area contributed by atoms with Crippen LogP contribution >= 0.6 is 0 Å². The first-order valence-corrected chi connectivity index (χ1v) is 10.6. The first-order chi connectivity index (χ1) is 15.2. The molecule has 0 bridgehead atoms. The standard InChI is InChI=1S/C26H27N3O2/c1-4-5-9-18-12-14-20(15-13-18)27-26-22-17-24(31-3)23(30-2)16-21(22)25(28-29-26)19-10-7-6-8-11-19/h6-8,10-17H,4-5,9H2,1-3H3,(H,27,29). The third-order valence-corrected chi connectivity index (χ3v) is 5.37. The number of nitrogens with one attached hydrogen (secondary N) is 1. The number of aryl methyl sites for hydroxylation is 1. The maximum absolute atomic E-state index is 5.55. The van der Waals surface area contributed by atoms with E-state index in [0.717, 1.165) is 34.1 Å². The fourth-order valence-electron chi connectivity index (χ4n) is 3.65. The number of fused-ring (bicyclic) bond motifs is 1. The van der Waals surface area contributed by atoms with Gasteiger partial charge in [-0.05, 0) is 42.7 Å². The van der Waals surface area contributed by atoms with E-state index in [1.807, 2.05) is 42.5 Å². The molecule has 0 aliphatic heterocycles. The van der Waals surface area contributed by atoms with Crippen molar-refractivity contribution < 1.29 is 9.47 Å². The van der Waals surface area contributed by atoms with Crippen molar-refractivity contribution in [1.82, 2.24) is 10.2 Å². The molecule has 0 unspecified atom stereocenters. The number of anilines is 2. The van der Waals surface area contributed by atoms with Crippen LogP contribution in [0.1, 0.15) is 25.3 Å². The second kappa shape index (κ2) is 9.47. The predicted octanol–water partition coefficient (Wildman–Crippen LogP) is 6.40. The number of methoxy groups -OCH3 is 2. The summed E-state index contributed by atoms with van der Waals surface area (Å²) in [6.07, 6.45) is 3.49. The second-order valence-electron chi connectivity index (χ2n) is 7.44. The highest BCUT2D eigenvalue weighted by Gasteiger charge is 2.16. The normalized spacial score (nSPS) is 10.8. The van der Waals surface area contributed by atoms with Gasteiger partial charge in [-0.3, -0.25) is 0 Å². The van der Waals surface area contributed by atoms with E-state index < -0.39 is 0 Å². The summed E-state index contributed by atoms with van der Waals surface area (Å²) < 4.78 is 11.1. The summed E-state index contributed by atoms with van der Waals surface area (Å²) in [4.78, 5) is 0. The molecule has 0 radical (unpaired) electrons. The molecule has 0 aliphatic rings. The third kappa shape index (κ3) is 4.45. The van der Waals surface area contributed by atoms with Crippen LogP contribution in [0.4, 0.5) is 11.5 Å². The largest absolute Gasteiger partial charge is 0.493 e. The SMILES string of the molecule is CCCCc1ccc(Nc2nnc(-c3ccccc3)c3cc(OC)c(OC)cc23)cc1. The number of unbranched alkanes of at least 4 members (excludes halogenated alkanes) is 1. The number of nitrogens with zero attached hydrogens (tertiary/aromatic N) is 2. The molecule has 3 aromatic carbocycles. The molecule has 0 amide bonds. The maximum atomic E-state index is 5.55. The molecular formula is C26H27N3O2. The molecule has 4 rings (SSSR count). The molecule has 0 saturated carbocycles. The molecule has 158 valence electrons. The number of aromatic nitrogens is 2. The van der Waals surface area contributed by atoms with Crippen molar-refractivity contribution in [2.75, 3.05) is 19.5 Å². The van der Waals surface area contributed by atoms with Crippen molar-refractivity contribution in [1.29, 1.82) is 0 Å². The molecule has 1 heterocycles.